The Morgan fingerprint density at radius 1 is 1.30 bits per heavy atom. The number of rotatable bonds is 5. The Hall–Kier alpha value is -1.89. The van der Waals surface area contributed by atoms with Gasteiger partial charge in [-0.1, -0.05) is 11.6 Å². The lowest BCUT2D eigenvalue weighted by atomic mass is 10.1. The fraction of sp³-hybridized carbons (Fsp3) is 0.200. The summed E-state index contributed by atoms with van der Waals surface area (Å²) in [4.78, 5) is 17.8. The van der Waals surface area contributed by atoms with E-state index >= 15 is 0 Å². The number of hydrogen-bond donors (Lipinski definition) is 1. The van der Waals surface area contributed by atoms with Crippen molar-refractivity contribution in [3.63, 3.8) is 0 Å². The molecule has 0 saturated heterocycles. The first-order valence-corrected chi connectivity index (χ1v) is 10.9. The molecule has 1 amide bonds. The molecule has 2 aromatic carbocycles. The zero-order chi connectivity index (χ0) is 19.0. The van der Waals surface area contributed by atoms with Gasteiger partial charge < -0.3 is 5.32 Å². The highest BCUT2D eigenvalue weighted by molar-refractivity contribution is 7.98. The maximum absolute atomic E-state index is 14.1. The second-order valence-corrected chi connectivity index (χ2v) is 8.52. The maximum atomic E-state index is 14.1. The Morgan fingerprint density at radius 2 is 2.11 bits per heavy atom. The van der Waals surface area contributed by atoms with Crippen molar-refractivity contribution in [3.8, 4) is 11.3 Å². The third-order valence-corrected chi connectivity index (χ3v) is 6.42. The molecule has 1 N–H and O–H groups in total. The molecule has 138 valence electrons. The summed E-state index contributed by atoms with van der Waals surface area (Å²) in [5.74, 6) is -0.445. The van der Waals surface area contributed by atoms with Crippen LogP contribution in [-0.2, 0) is 0 Å². The summed E-state index contributed by atoms with van der Waals surface area (Å²) in [5.41, 5.74) is 2.19. The molecule has 0 unspecified atom stereocenters. The molecule has 0 radical (unpaired) electrons. The van der Waals surface area contributed by atoms with Crippen LogP contribution in [0.25, 0.3) is 11.3 Å². The largest absolute Gasteiger partial charge is 0.322 e. The van der Waals surface area contributed by atoms with Gasteiger partial charge in [0.15, 0.2) is 0 Å². The molecule has 3 nitrogen and oxygen atoms in total. The molecule has 4 rings (SSSR count). The van der Waals surface area contributed by atoms with Crippen molar-refractivity contribution in [2.45, 2.75) is 23.7 Å². The molecule has 1 aliphatic carbocycles. The highest BCUT2D eigenvalue weighted by atomic mass is 35.5. The van der Waals surface area contributed by atoms with E-state index in [9.17, 15) is 9.18 Å². The number of carbonyl (C=O) groups is 1. The summed E-state index contributed by atoms with van der Waals surface area (Å²) >= 11 is 9.48. The van der Waals surface area contributed by atoms with Gasteiger partial charge in [-0.15, -0.1) is 23.1 Å². The molecular formula is C20H16ClFN2OS2. The molecule has 0 bridgehead atoms. The molecule has 1 aromatic heterocycles. The summed E-state index contributed by atoms with van der Waals surface area (Å²) in [7, 11) is 0. The van der Waals surface area contributed by atoms with Gasteiger partial charge in [0.25, 0.3) is 5.91 Å². The van der Waals surface area contributed by atoms with E-state index in [2.05, 4.69) is 10.3 Å². The fourth-order valence-electron chi connectivity index (χ4n) is 2.74. The van der Waals surface area contributed by atoms with Crippen molar-refractivity contribution < 1.29 is 9.18 Å². The van der Waals surface area contributed by atoms with E-state index in [1.165, 1.54) is 36.7 Å². The van der Waals surface area contributed by atoms with E-state index < -0.39 is 11.7 Å². The normalized spacial score (nSPS) is 13.6. The molecular weight excluding hydrogens is 403 g/mol. The highest BCUT2D eigenvalue weighted by Crippen LogP contribution is 2.43. The average molecular weight is 419 g/mol. The third kappa shape index (κ3) is 4.03. The van der Waals surface area contributed by atoms with Gasteiger partial charge in [-0.2, -0.15) is 0 Å². The zero-order valence-corrected chi connectivity index (χ0v) is 16.8. The van der Waals surface area contributed by atoms with Crippen molar-refractivity contribution in [2.24, 2.45) is 0 Å². The van der Waals surface area contributed by atoms with E-state index in [4.69, 9.17) is 11.6 Å². The smallest absolute Gasteiger partial charge is 0.258 e. The molecule has 1 fully saturated rings. The molecule has 1 saturated carbocycles. The lowest BCUT2D eigenvalue weighted by molar-refractivity contribution is 0.102. The van der Waals surface area contributed by atoms with Crippen LogP contribution >= 0.6 is 34.7 Å². The van der Waals surface area contributed by atoms with Crippen LogP contribution in [0.15, 0.2) is 46.7 Å². The fourth-order valence-corrected chi connectivity index (χ4v) is 4.43. The second kappa shape index (κ2) is 7.62. The summed E-state index contributed by atoms with van der Waals surface area (Å²) in [5, 5.41) is 6.37. The number of carbonyl (C=O) groups excluding carboxylic acids is 1. The number of thioether (sulfide) groups is 1. The Labute approximate surface area is 170 Å². The SMILES string of the molecule is CSc1ccc(C(=O)Nc2ccc(-c3csc(C4CC4)n3)c(Cl)c2)c(F)c1. The Balaban J connectivity index is 1.52. The van der Waals surface area contributed by atoms with Crippen molar-refractivity contribution in [1.29, 1.82) is 0 Å². The van der Waals surface area contributed by atoms with E-state index in [0.717, 1.165) is 21.2 Å². The Kier molecular flexibility index (Phi) is 5.21. The minimum atomic E-state index is -0.544. The van der Waals surface area contributed by atoms with E-state index in [1.807, 2.05) is 17.7 Å². The molecule has 0 atom stereocenters. The molecule has 3 aromatic rings. The number of anilines is 1. The highest BCUT2D eigenvalue weighted by Gasteiger charge is 2.27. The van der Waals surface area contributed by atoms with E-state index in [0.29, 0.717) is 16.6 Å². The number of thiazole rings is 1. The van der Waals surface area contributed by atoms with Gasteiger partial charge in [0.1, 0.15) is 5.82 Å². The predicted molar refractivity (Wildman–Crippen MR) is 111 cm³/mol. The molecule has 27 heavy (non-hydrogen) atoms. The van der Waals surface area contributed by atoms with Gasteiger partial charge in [0, 0.05) is 27.4 Å². The van der Waals surface area contributed by atoms with Crippen LogP contribution in [0.3, 0.4) is 0 Å². The van der Waals surface area contributed by atoms with Gasteiger partial charge in [0.05, 0.1) is 21.3 Å². The predicted octanol–water partition coefficient (Wildman–Crippen LogP) is 6.45. The minimum Gasteiger partial charge on any atom is -0.322 e. The van der Waals surface area contributed by atoms with Crippen molar-refractivity contribution in [1.82, 2.24) is 4.98 Å². The first kappa shape index (κ1) is 18.5. The number of hydrogen-bond acceptors (Lipinski definition) is 4. The lowest BCUT2D eigenvalue weighted by Gasteiger charge is -2.09. The summed E-state index contributed by atoms with van der Waals surface area (Å²) in [6.45, 7) is 0. The first-order valence-electron chi connectivity index (χ1n) is 8.45. The van der Waals surface area contributed by atoms with Crippen LogP contribution in [0, 0.1) is 5.82 Å². The number of nitrogens with one attached hydrogen (secondary N) is 1. The van der Waals surface area contributed by atoms with Crippen LogP contribution in [-0.4, -0.2) is 17.1 Å². The number of amides is 1. The molecule has 1 heterocycles. The topological polar surface area (TPSA) is 42.0 Å². The first-order chi connectivity index (χ1) is 13.0. The van der Waals surface area contributed by atoms with Gasteiger partial charge >= 0.3 is 0 Å². The summed E-state index contributed by atoms with van der Waals surface area (Å²) in [6, 6.07) is 9.81. The van der Waals surface area contributed by atoms with Crippen molar-refractivity contribution >= 4 is 46.3 Å². The average Bonchev–Trinajstić information content (AvgIpc) is 3.39. The third-order valence-electron chi connectivity index (χ3n) is 4.37. The monoisotopic (exact) mass is 418 g/mol. The zero-order valence-electron chi connectivity index (χ0n) is 14.5. The molecule has 0 spiro atoms. The van der Waals surface area contributed by atoms with Gasteiger partial charge in [-0.25, -0.2) is 9.37 Å². The van der Waals surface area contributed by atoms with Crippen molar-refractivity contribution in [2.75, 3.05) is 11.6 Å². The van der Waals surface area contributed by atoms with Gasteiger partial charge in [-0.05, 0) is 55.5 Å². The lowest BCUT2D eigenvalue weighted by Crippen LogP contribution is -2.13. The van der Waals surface area contributed by atoms with Crippen molar-refractivity contribution in [3.05, 3.63) is 63.2 Å². The Morgan fingerprint density at radius 3 is 2.78 bits per heavy atom. The van der Waals surface area contributed by atoms with Gasteiger partial charge in [-0.3, -0.25) is 4.79 Å². The summed E-state index contributed by atoms with van der Waals surface area (Å²) in [6.07, 6.45) is 4.27. The number of benzene rings is 2. The quantitative estimate of drug-likeness (QED) is 0.484. The number of aromatic nitrogens is 1. The van der Waals surface area contributed by atoms with E-state index in [1.54, 1.807) is 29.5 Å². The molecule has 0 aliphatic heterocycles. The van der Waals surface area contributed by atoms with Crippen LogP contribution in [0.4, 0.5) is 10.1 Å². The minimum absolute atomic E-state index is 0.00146. The molecule has 7 heteroatoms. The molecule has 1 aliphatic rings. The van der Waals surface area contributed by atoms with Crippen LogP contribution in [0.5, 0.6) is 0 Å². The number of halogens is 2. The van der Waals surface area contributed by atoms with Crippen LogP contribution < -0.4 is 5.32 Å². The standard InChI is InChI=1S/C20H16ClFN2OS2/c1-26-13-5-7-15(17(22)9-13)19(25)23-12-4-6-14(16(21)8-12)18-10-27-20(24-18)11-2-3-11/h4-11H,2-3H2,1H3,(H,23,25). The van der Waals surface area contributed by atoms with Crippen LogP contribution in [0.2, 0.25) is 5.02 Å². The summed E-state index contributed by atoms with van der Waals surface area (Å²) < 4.78 is 14.1. The maximum Gasteiger partial charge on any atom is 0.258 e. The van der Waals surface area contributed by atoms with E-state index in [-0.39, 0.29) is 5.56 Å². The Bertz CT molecular complexity index is 1020. The van der Waals surface area contributed by atoms with Crippen LogP contribution in [0.1, 0.15) is 34.1 Å². The second-order valence-electron chi connectivity index (χ2n) is 6.34. The van der Waals surface area contributed by atoms with Gasteiger partial charge in [0.2, 0.25) is 0 Å². The number of nitrogens with zero attached hydrogens (tertiary/aromatic N) is 1.